The molecular weight excluding hydrogens is 356 g/mol. The Morgan fingerprint density at radius 3 is 2.56 bits per heavy atom. The number of sulfonamides is 1. The third-order valence-corrected chi connectivity index (χ3v) is 5.82. The lowest BCUT2D eigenvalue weighted by Gasteiger charge is -2.27. The molecule has 0 aliphatic carbocycles. The standard InChI is InChI=1S/C15H15F2N3O4S/c16-12-2-1-3-13(17)15(12)25(23,24)19-6-7-20-11(9-19)8-10(18-20)4-5-14(21)22/h1-3,8H,4-7,9H2,(H,21,22). The molecule has 2 heterocycles. The summed E-state index contributed by atoms with van der Waals surface area (Å²) in [5.41, 5.74) is 1.08. The van der Waals surface area contributed by atoms with Crippen LogP contribution in [0.4, 0.5) is 8.78 Å². The van der Waals surface area contributed by atoms with Gasteiger partial charge in [-0.2, -0.15) is 9.40 Å². The molecule has 25 heavy (non-hydrogen) atoms. The molecule has 0 fully saturated rings. The van der Waals surface area contributed by atoms with Crippen LogP contribution in [0.5, 0.6) is 0 Å². The van der Waals surface area contributed by atoms with E-state index in [4.69, 9.17) is 5.11 Å². The van der Waals surface area contributed by atoms with Crippen LogP contribution in [0.15, 0.2) is 29.2 Å². The van der Waals surface area contributed by atoms with Gasteiger partial charge in [0.15, 0.2) is 4.90 Å². The van der Waals surface area contributed by atoms with E-state index in [1.165, 1.54) is 0 Å². The zero-order valence-electron chi connectivity index (χ0n) is 13.0. The average molecular weight is 371 g/mol. The lowest BCUT2D eigenvalue weighted by atomic mass is 10.2. The molecule has 0 saturated heterocycles. The summed E-state index contributed by atoms with van der Waals surface area (Å²) < 4.78 is 55.5. The average Bonchev–Trinajstić information content (AvgIpc) is 2.94. The number of halogens is 2. The molecule has 134 valence electrons. The van der Waals surface area contributed by atoms with Gasteiger partial charge in [0, 0.05) is 13.0 Å². The molecule has 1 aliphatic rings. The highest BCUT2D eigenvalue weighted by Gasteiger charge is 2.33. The summed E-state index contributed by atoms with van der Waals surface area (Å²) in [5, 5.41) is 12.9. The molecule has 0 spiro atoms. The number of aromatic nitrogens is 2. The fourth-order valence-corrected chi connectivity index (χ4v) is 4.23. The summed E-state index contributed by atoms with van der Waals surface area (Å²) in [4.78, 5) is 9.66. The smallest absolute Gasteiger partial charge is 0.303 e. The van der Waals surface area contributed by atoms with Crippen molar-refractivity contribution in [1.82, 2.24) is 14.1 Å². The van der Waals surface area contributed by atoms with E-state index in [0.29, 0.717) is 11.4 Å². The highest BCUT2D eigenvalue weighted by atomic mass is 32.2. The minimum Gasteiger partial charge on any atom is -0.481 e. The molecule has 3 rings (SSSR count). The van der Waals surface area contributed by atoms with Gasteiger partial charge in [0.25, 0.3) is 0 Å². The molecule has 0 radical (unpaired) electrons. The number of hydrogen-bond donors (Lipinski definition) is 1. The summed E-state index contributed by atoms with van der Waals surface area (Å²) in [6.07, 6.45) is 0.142. The molecule has 1 aliphatic heterocycles. The first-order valence-corrected chi connectivity index (χ1v) is 8.94. The molecule has 0 saturated carbocycles. The number of carbonyl (C=O) groups is 1. The van der Waals surface area contributed by atoms with Crippen molar-refractivity contribution < 1.29 is 27.1 Å². The van der Waals surface area contributed by atoms with Gasteiger partial charge < -0.3 is 5.11 Å². The number of hydrogen-bond acceptors (Lipinski definition) is 4. The third-order valence-electron chi connectivity index (χ3n) is 3.93. The molecule has 2 aromatic rings. The van der Waals surface area contributed by atoms with E-state index in [1.807, 2.05) is 0 Å². The maximum Gasteiger partial charge on any atom is 0.303 e. The minimum atomic E-state index is -4.33. The van der Waals surface area contributed by atoms with Crippen LogP contribution in [0.25, 0.3) is 0 Å². The SMILES string of the molecule is O=C(O)CCc1cc2n(n1)CCN(S(=O)(=O)c1c(F)cccc1F)C2. The first-order chi connectivity index (χ1) is 11.8. The summed E-state index contributed by atoms with van der Waals surface area (Å²) in [5.74, 6) is -3.23. The van der Waals surface area contributed by atoms with Crippen LogP contribution in [0, 0.1) is 11.6 Å². The van der Waals surface area contributed by atoms with E-state index in [2.05, 4.69) is 5.10 Å². The number of fused-ring (bicyclic) bond motifs is 1. The summed E-state index contributed by atoms with van der Waals surface area (Å²) in [7, 11) is -4.33. The molecule has 1 N–H and O–H groups in total. The number of nitrogens with zero attached hydrogens (tertiary/aromatic N) is 3. The zero-order chi connectivity index (χ0) is 18.2. The Labute approximate surface area is 142 Å². The molecular formula is C15H15F2N3O4S. The molecule has 1 aromatic heterocycles. The number of carboxylic acid groups (broad SMARTS) is 1. The largest absolute Gasteiger partial charge is 0.481 e. The van der Waals surface area contributed by atoms with Gasteiger partial charge in [-0.15, -0.1) is 0 Å². The number of carboxylic acids is 1. The first kappa shape index (κ1) is 17.5. The molecule has 0 unspecified atom stereocenters. The van der Waals surface area contributed by atoms with Crippen molar-refractivity contribution in [2.75, 3.05) is 6.54 Å². The zero-order valence-corrected chi connectivity index (χ0v) is 13.8. The van der Waals surface area contributed by atoms with Gasteiger partial charge in [-0.25, -0.2) is 17.2 Å². The van der Waals surface area contributed by atoms with E-state index < -0.39 is 32.5 Å². The monoisotopic (exact) mass is 371 g/mol. The fraction of sp³-hybridized carbons (Fsp3) is 0.333. The van der Waals surface area contributed by atoms with Crippen LogP contribution in [-0.2, 0) is 34.3 Å². The highest BCUT2D eigenvalue weighted by molar-refractivity contribution is 7.89. The summed E-state index contributed by atoms with van der Waals surface area (Å²) in [6.45, 7) is 0.150. The Hall–Kier alpha value is -2.33. The maximum atomic E-state index is 13.9. The second kappa shape index (κ2) is 6.52. The number of aryl methyl sites for hydroxylation is 1. The quantitative estimate of drug-likeness (QED) is 0.857. The predicted octanol–water partition coefficient (Wildman–Crippen LogP) is 1.38. The van der Waals surface area contributed by atoms with Crippen LogP contribution in [0.1, 0.15) is 17.8 Å². The van der Waals surface area contributed by atoms with Crippen LogP contribution in [0.3, 0.4) is 0 Å². The first-order valence-electron chi connectivity index (χ1n) is 7.50. The fourth-order valence-electron chi connectivity index (χ4n) is 2.72. The van der Waals surface area contributed by atoms with Crippen molar-refractivity contribution >= 4 is 16.0 Å². The van der Waals surface area contributed by atoms with Crippen LogP contribution in [-0.4, -0.2) is 40.1 Å². The molecule has 10 heteroatoms. The summed E-state index contributed by atoms with van der Waals surface area (Å²) in [6, 6.07) is 4.51. The second-order valence-electron chi connectivity index (χ2n) is 5.63. The summed E-state index contributed by atoms with van der Waals surface area (Å²) >= 11 is 0. The number of rotatable bonds is 5. The van der Waals surface area contributed by atoms with Gasteiger partial charge >= 0.3 is 5.97 Å². The Morgan fingerprint density at radius 1 is 1.24 bits per heavy atom. The van der Waals surface area contributed by atoms with Crippen molar-refractivity contribution in [3.63, 3.8) is 0 Å². The number of aliphatic carboxylic acids is 1. The van der Waals surface area contributed by atoms with Gasteiger partial charge in [-0.1, -0.05) is 6.07 Å². The van der Waals surface area contributed by atoms with Crippen molar-refractivity contribution in [2.24, 2.45) is 0 Å². The molecule has 0 atom stereocenters. The van der Waals surface area contributed by atoms with Crippen molar-refractivity contribution in [3.05, 3.63) is 47.3 Å². The molecule has 7 nitrogen and oxygen atoms in total. The number of benzene rings is 1. The van der Waals surface area contributed by atoms with Crippen molar-refractivity contribution in [2.45, 2.75) is 30.8 Å². The Bertz CT molecular complexity index is 907. The van der Waals surface area contributed by atoms with Crippen LogP contribution >= 0.6 is 0 Å². The van der Waals surface area contributed by atoms with Gasteiger partial charge in [0.2, 0.25) is 10.0 Å². The minimum absolute atomic E-state index is 0.0170. The Morgan fingerprint density at radius 2 is 1.92 bits per heavy atom. The lowest BCUT2D eigenvalue weighted by Crippen LogP contribution is -2.39. The van der Waals surface area contributed by atoms with Gasteiger partial charge in [0.1, 0.15) is 11.6 Å². The van der Waals surface area contributed by atoms with E-state index in [9.17, 15) is 22.0 Å². The van der Waals surface area contributed by atoms with E-state index in [-0.39, 0.29) is 32.5 Å². The van der Waals surface area contributed by atoms with E-state index in [1.54, 1.807) is 10.7 Å². The van der Waals surface area contributed by atoms with E-state index >= 15 is 0 Å². The van der Waals surface area contributed by atoms with Crippen LogP contribution < -0.4 is 0 Å². The molecule has 1 aromatic carbocycles. The second-order valence-corrected chi connectivity index (χ2v) is 7.51. The highest BCUT2D eigenvalue weighted by Crippen LogP contribution is 2.26. The van der Waals surface area contributed by atoms with Crippen molar-refractivity contribution in [1.29, 1.82) is 0 Å². The Kier molecular flexibility index (Phi) is 4.56. The Balaban J connectivity index is 1.86. The molecule has 0 bridgehead atoms. The predicted molar refractivity (Wildman–Crippen MR) is 82.1 cm³/mol. The third kappa shape index (κ3) is 3.40. The topological polar surface area (TPSA) is 92.5 Å². The van der Waals surface area contributed by atoms with Crippen molar-refractivity contribution in [3.8, 4) is 0 Å². The van der Waals surface area contributed by atoms with Gasteiger partial charge in [-0.3, -0.25) is 9.48 Å². The normalized spacial score (nSPS) is 15.1. The van der Waals surface area contributed by atoms with E-state index in [0.717, 1.165) is 22.5 Å². The van der Waals surface area contributed by atoms with Gasteiger partial charge in [-0.05, 0) is 18.2 Å². The van der Waals surface area contributed by atoms with Crippen LogP contribution in [0.2, 0.25) is 0 Å². The lowest BCUT2D eigenvalue weighted by molar-refractivity contribution is -0.136. The van der Waals surface area contributed by atoms with Gasteiger partial charge in [0.05, 0.1) is 30.9 Å². The maximum absolute atomic E-state index is 13.9. The molecule has 0 amide bonds.